The van der Waals surface area contributed by atoms with Crippen molar-refractivity contribution in [3.63, 3.8) is 0 Å². The Kier molecular flexibility index (Phi) is 2.36. The van der Waals surface area contributed by atoms with Gasteiger partial charge >= 0.3 is 0 Å². The third-order valence-corrected chi connectivity index (χ3v) is 4.42. The summed E-state index contributed by atoms with van der Waals surface area (Å²) in [6, 6.07) is 10.4. The van der Waals surface area contributed by atoms with Crippen LogP contribution in [-0.4, -0.2) is 21.7 Å². The Hall–Kier alpha value is -1.09. The molecular formula is C13H12BrNO. The summed E-state index contributed by atoms with van der Waals surface area (Å²) in [5.41, 5.74) is 1.19. The molecule has 1 aromatic rings. The van der Waals surface area contributed by atoms with Crippen LogP contribution in [0.4, 0.5) is 0 Å². The Balaban J connectivity index is 1.83. The van der Waals surface area contributed by atoms with E-state index in [1.165, 1.54) is 5.56 Å². The van der Waals surface area contributed by atoms with Gasteiger partial charge in [-0.25, -0.2) is 0 Å². The standard InChI is InChI=1S/C13H12BrNO/c14-12-10-6-7-11(12)15(13(10)16)8-9-4-2-1-3-5-9/h1-7,10-12H,8H2/t10-,11+,12+/m1/s1. The summed E-state index contributed by atoms with van der Waals surface area (Å²) in [6.07, 6.45) is 4.16. The molecule has 0 radical (unpaired) electrons. The van der Waals surface area contributed by atoms with Crippen LogP contribution >= 0.6 is 15.9 Å². The second-order valence-electron chi connectivity index (χ2n) is 4.30. The maximum absolute atomic E-state index is 12.0. The lowest BCUT2D eigenvalue weighted by Crippen LogP contribution is -2.34. The maximum Gasteiger partial charge on any atom is 0.231 e. The predicted octanol–water partition coefficient (Wildman–Crippen LogP) is 2.35. The molecule has 3 heteroatoms. The van der Waals surface area contributed by atoms with Crippen LogP contribution in [0.25, 0.3) is 0 Å². The van der Waals surface area contributed by atoms with Crippen LogP contribution in [0, 0.1) is 5.92 Å². The first-order valence-electron chi connectivity index (χ1n) is 5.44. The highest BCUT2D eigenvalue weighted by molar-refractivity contribution is 9.09. The first-order chi connectivity index (χ1) is 7.77. The topological polar surface area (TPSA) is 20.3 Å². The molecule has 3 rings (SSSR count). The monoisotopic (exact) mass is 277 g/mol. The molecule has 0 spiro atoms. The second kappa shape index (κ2) is 3.74. The van der Waals surface area contributed by atoms with Crippen LogP contribution in [-0.2, 0) is 11.3 Å². The van der Waals surface area contributed by atoms with Crippen LogP contribution in [0.1, 0.15) is 5.56 Å². The number of benzene rings is 1. The maximum atomic E-state index is 12.0. The van der Waals surface area contributed by atoms with Crippen molar-refractivity contribution >= 4 is 21.8 Å². The molecule has 0 unspecified atom stereocenters. The fourth-order valence-electron chi connectivity index (χ4n) is 2.45. The summed E-state index contributed by atoms with van der Waals surface area (Å²) in [5, 5.41) is 0. The number of halogens is 1. The molecule has 1 aromatic carbocycles. The molecule has 82 valence electrons. The van der Waals surface area contributed by atoms with Gasteiger partial charge in [0, 0.05) is 6.54 Å². The van der Waals surface area contributed by atoms with Crippen LogP contribution in [0.15, 0.2) is 42.5 Å². The number of alkyl halides is 1. The van der Waals surface area contributed by atoms with E-state index in [4.69, 9.17) is 0 Å². The lowest BCUT2D eigenvalue weighted by molar-refractivity contribution is -0.131. The Bertz CT molecular complexity index is 443. The quantitative estimate of drug-likeness (QED) is 0.600. The van der Waals surface area contributed by atoms with Gasteiger partial charge in [0.25, 0.3) is 0 Å². The van der Waals surface area contributed by atoms with Crippen LogP contribution in [0.2, 0.25) is 0 Å². The van der Waals surface area contributed by atoms with Crippen LogP contribution < -0.4 is 0 Å². The summed E-state index contributed by atoms with van der Waals surface area (Å²) in [4.78, 5) is 14.3. The third-order valence-electron chi connectivity index (χ3n) is 3.31. The Morgan fingerprint density at radius 2 is 1.94 bits per heavy atom. The lowest BCUT2D eigenvalue weighted by Gasteiger charge is -2.24. The minimum absolute atomic E-state index is 0.0497. The summed E-state index contributed by atoms with van der Waals surface area (Å²) in [7, 11) is 0. The molecule has 2 bridgehead atoms. The fraction of sp³-hybridized carbons (Fsp3) is 0.308. The predicted molar refractivity (Wildman–Crippen MR) is 66.1 cm³/mol. The van der Waals surface area contributed by atoms with Crippen LogP contribution in [0.3, 0.4) is 0 Å². The van der Waals surface area contributed by atoms with Gasteiger partial charge in [-0.1, -0.05) is 58.4 Å². The Morgan fingerprint density at radius 3 is 2.56 bits per heavy atom. The summed E-state index contributed by atoms with van der Waals surface area (Å²) in [5.74, 6) is 0.298. The van der Waals surface area contributed by atoms with Gasteiger partial charge in [-0.15, -0.1) is 0 Å². The molecule has 1 aliphatic heterocycles. The first kappa shape index (κ1) is 10.1. The molecule has 1 amide bonds. The zero-order valence-corrected chi connectivity index (χ0v) is 10.3. The number of rotatable bonds is 2. The zero-order valence-electron chi connectivity index (χ0n) is 8.71. The minimum atomic E-state index is 0.0497. The number of hydrogen-bond acceptors (Lipinski definition) is 1. The normalized spacial score (nSPS) is 31.4. The highest BCUT2D eigenvalue weighted by Gasteiger charge is 2.47. The van der Waals surface area contributed by atoms with Gasteiger partial charge in [-0.3, -0.25) is 4.79 Å². The van der Waals surface area contributed by atoms with Crippen molar-refractivity contribution in [3.8, 4) is 0 Å². The fourth-order valence-corrected chi connectivity index (χ4v) is 3.32. The summed E-state index contributed by atoms with van der Waals surface area (Å²) < 4.78 is 0. The molecule has 1 fully saturated rings. The van der Waals surface area contributed by atoms with Gasteiger partial charge < -0.3 is 4.90 Å². The van der Waals surface area contributed by atoms with Gasteiger partial charge in [0.1, 0.15) is 0 Å². The lowest BCUT2D eigenvalue weighted by atomic mass is 10.1. The van der Waals surface area contributed by atoms with Crippen molar-refractivity contribution in [2.75, 3.05) is 0 Å². The number of carbonyl (C=O) groups is 1. The number of fused-ring (bicyclic) bond motifs is 2. The molecule has 16 heavy (non-hydrogen) atoms. The van der Waals surface area contributed by atoms with Crippen molar-refractivity contribution in [1.82, 2.24) is 4.90 Å². The van der Waals surface area contributed by atoms with Gasteiger partial charge in [-0.2, -0.15) is 0 Å². The number of amides is 1. The Labute approximate surface area is 103 Å². The third kappa shape index (κ3) is 1.42. The SMILES string of the molecule is O=C1[C@@H]2C=C[C@@H]([C@H]2Br)N1Cc1ccccc1. The molecule has 1 heterocycles. The first-order valence-corrected chi connectivity index (χ1v) is 6.36. The van der Waals surface area contributed by atoms with E-state index < -0.39 is 0 Å². The minimum Gasteiger partial charge on any atom is -0.330 e. The molecule has 1 saturated heterocycles. The van der Waals surface area contributed by atoms with Crippen molar-refractivity contribution in [2.24, 2.45) is 5.92 Å². The average molecular weight is 278 g/mol. The van der Waals surface area contributed by atoms with E-state index in [2.05, 4.69) is 34.1 Å². The van der Waals surface area contributed by atoms with Crippen molar-refractivity contribution in [2.45, 2.75) is 17.4 Å². The van der Waals surface area contributed by atoms with Crippen molar-refractivity contribution < 1.29 is 4.79 Å². The molecule has 3 atom stereocenters. The molecule has 0 saturated carbocycles. The van der Waals surface area contributed by atoms with E-state index in [9.17, 15) is 4.79 Å². The number of likely N-dealkylation sites (tertiary alicyclic amines) is 1. The smallest absolute Gasteiger partial charge is 0.231 e. The average Bonchev–Trinajstić information content (AvgIpc) is 2.77. The van der Waals surface area contributed by atoms with Gasteiger partial charge in [0.15, 0.2) is 0 Å². The Morgan fingerprint density at radius 1 is 1.19 bits per heavy atom. The van der Waals surface area contributed by atoms with Gasteiger partial charge in [-0.05, 0) is 5.56 Å². The summed E-state index contributed by atoms with van der Waals surface area (Å²) >= 11 is 3.60. The largest absolute Gasteiger partial charge is 0.330 e. The van der Waals surface area contributed by atoms with E-state index in [-0.39, 0.29) is 22.7 Å². The van der Waals surface area contributed by atoms with E-state index in [0.29, 0.717) is 6.54 Å². The highest BCUT2D eigenvalue weighted by Crippen LogP contribution is 2.38. The molecule has 1 aliphatic carbocycles. The second-order valence-corrected chi connectivity index (χ2v) is 5.35. The van der Waals surface area contributed by atoms with E-state index in [0.717, 1.165) is 0 Å². The highest BCUT2D eigenvalue weighted by atomic mass is 79.9. The zero-order chi connectivity index (χ0) is 11.1. The molecular weight excluding hydrogens is 266 g/mol. The molecule has 0 aromatic heterocycles. The molecule has 0 N–H and O–H groups in total. The van der Waals surface area contributed by atoms with Crippen molar-refractivity contribution in [3.05, 3.63) is 48.0 Å². The van der Waals surface area contributed by atoms with Gasteiger partial charge in [0.05, 0.1) is 16.8 Å². The molecule has 2 nitrogen and oxygen atoms in total. The van der Waals surface area contributed by atoms with Gasteiger partial charge in [0.2, 0.25) is 5.91 Å². The van der Waals surface area contributed by atoms with Crippen molar-refractivity contribution in [1.29, 1.82) is 0 Å². The van der Waals surface area contributed by atoms with E-state index in [1.54, 1.807) is 0 Å². The van der Waals surface area contributed by atoms with Crippen LogP contribution in [0.5, 0.6) is 0 Å². The number of nitrogens with zero attached hydrogens (tertiary/aromatic N) is 1. The number of hydrogen-bond donors (Lipinski definition) is 0. The molecule has 2 aliphatic rings. The van der Waals surface area contributed by atoms with E-state index in [1.807, 2.05) is 29.2 Å². The summed E-state index contributed by atoms with van der Waals surface area (Å²) in [6.45, 7) is 0.716. The van der Waals surface area contributed by atoms with E-state index >= 15 is 0 Å². The number of carbonyl (C=O) groups excluding carboxylic acids is 1.